The first-order valence-corrected chi connectivity index (χ1v) is 6.00. The van der Waals surface area contributed by atoms with Gasteiger partial charge in [0.05, 0.1) is 12.5 Å². The summed E-state index contributed by atoms with van der Waals surface area (Å²) >= 11 is 5.61. The summed E-state index contributed by atoms with van der Waals surface area (Å²) in [5, 5.41) is 19.0. The zero-order valence-corrected chi connectivity index (χ0v) is 10.5. The van der Waals surface area contributed by atoms with Crippen LogP contribution in [0, 0.1) is 0 Å². The van der Waals surface area contributed by atoms with E-state index in [0.717, 1.165) is 4.57 Å². The average Bonchev–Trinajstić information content (AvgIpc) is 2.64. The quantitative estimate of drug-likeness (QED) is 0.618. The average molecular weight is 294 g/mol. The molecule has 2 heterocycles. The number of ether oxygens (including phenoxy) is 1. The van der Waals surface area contributed by atoms with Gasteiger partial charge >= 0.3 is 5.69 Å². The van der Waals surface area contributed by atoms with Crippen LogP contribution < -0.4 is 11.4 Å². The van der Waals surface area contributed by atoms with Crippen LogP contribution in [0.15, 0.2) is 17.1 Å². The monoisotopic (exact) mass is 293 g/mol. The van der Waals surface area contributed by atoms with Crippen molar-refractivity contribution >= 4 is 17.4 Å². The number of hydrogen-bond donors (Lipinski definition) is 3. The molecule has 0 saturated carbocycles. The summed E-state index contributed by atoms with van der Waals surface area (Å²) in [5.74, 6) is -0.334. The molecule has 7 nitrogen and oxygen atoms in total. The largest absolute Gasteiger partial charge is 0.393 e. The highest BCUT2D eigenvalue weighted by Crippen LogP contribution is 2.39. The lowest BCUT2D eigenvalue weighted by atomic mass is 9.99. The summed E-state index contributed by atoms with van der Waals surface area (Å²) in [5.41, 5.74) is 2.86. The molecule has 2 rings (SSSR count). The molecule has 0 unspecified atom stereocenters. The van der Waals surface area contributed by atoms with Crippen LogP contribution in [-0.4, -0.2) is 50.1 Å². The highest BCUT2D eigenvalue weighted by molar-refractivity contribution is 6.18. The first-order chi connectivity index (χ1) is 8.95. The smallest absolute Gasteiger partial charge is 0.351 e. The summed E-state index contributed by atoms with van der Waals surface area (Å²) in [4.78, 5) is 15.1. The van der Waals surface area contributed by atoms with Gasteiger partial charge < -0.3 is 20.7 Å². The number of anilines is 1. The molecule has 1 aromatic heterocycles. The fraction of sp³-hybridized carbons (Fsp3) is 0.600. The van der Waals surface area contributed by atoms with Crippen LogP contribution in [0.1, 0.15) is 6.23 Å². The Morgan fingerprint density at radius 3 is 2.84 bits per heavy atom. The van der Waals surface area contributed by atoms with Crippen LogP contribution in [0.2, 0.25) is 0 Å². The van der Waals surface area contributed by atoms with Gasteiger partial charge in [0.1, 0.15) is 17.5 Å². The molecule has 4 atom stereocenters. The molecule has 0 aliphatic carbocycles. The first-order valence-electron chi connectivity index (χ1n) is 5.46. The van der Waals surface area contributed by atoms with Crippen LogP contribution in [0.4, 0.5) is 10.2 Å². The van der Waals surface area contributed by atoms with Crippen molar-refractivity contribution in [3.05, 3.63) is 22.7 Å². The Hall–Kier alpha value is -1.22. The van der Waals surface area contributed by atoms with Crippen molar-refractivity contribution in [1.82, 2.24) is 9.55 Å². The van der Waals surface area contributed by atoms with Crippen LogP contribution in [0.5, 0.6) is 0 Å². The number of aliphatic hydroxyl groups excluding tert-OH is 2. The molecule has 1 aromatic rings. The third kappa shape index (κ3) is 2.20. The summed E-state index contributed by atoms with van der Waals surface area (Å²) in [7, 11) is 0. The Kier molecular flexibility index (Phi) is 3.77. The molecule has 1 aliphatic heterocycles. The van der Waals surface area contributed by atoms with Gasteiger partial charge in [-0.2, -0.15) is 4.98 Å². The third-order valence-electron chi connectivity index (χ3n) is 3.09. The van der Waals surface area contributed by atoms with Crippen molar-refractivity contribution in [2.45, 2.75) is 24.1 Å². The van der Waals surface area contributed by atoms with E-state index >= 15 is 0 Å². The summed E-state index contributed by atoms with van der Waals surface area (Å²) < 4.78 is 20.2. The number of rotatable bonds is 3. The fourth-order valence-corrected chi connectivity index (χ4v) is 2.24. The lowest BCUT2D eigenvalue weighted by molar-refractivity contribution is -0.115. The maximum absolute atomic E-state index is 14.1. The van der Waals surface area contributed by atoms with Crippen molar-refractivity contribution in [2.75, 3.05) is 18.2 Å². The number of hydrogen-bond acceptors (Lipinski definition) is 6. The van der Waals surface area contributed by atoms with E-state index in [0.29, 0.717) is 0 Å². The molecule has 0 bridgehead atoms. The van der Waals surface area contributed by atoms with Crippen molar-refractivity contribution in [3.8, 4) is 0 Å². The molecule has 0 aromatic carbocycles. The summed E-state index contributed by atoms with van der Waals surface area (Å²) in [6.07, 6.45) is -3.78. The molecule has 1 fully saturated rings. The molecule has 1 saturated heterocycles. The van der Waals surface area contributed by atoms with E-state index in [1.165, 1.54) is 12.3 Å². The molecule has 19 heavy (non-hydrogen) atoms. The molecule has 0 spiro atoms. The Labute approximate surface area is 112 Å². The van der Waals surface area contributed by atoms with Gasteiger partial charge in [0.15, 0.2) is 12.4 Å². The SMILES string of the molecule is Nc1ccn([C@@H]2O[C@@](CO)(CCl)[C@@H](O)[C@H]2F)c(=O)n1. The summed E-state index contributed by atoms with van der Waals surface area (Å²) in [6, 6.07) is 1.30. The Bertz CT molecular complexity index is 522. The number of nitrogens with two attached hydrogens (primary N) is 1. The zero-order chi connectivity index (χ0) is 14.2. The first kappa shape index (κ1) is 14.2. The van der Waals surface area contributed by atoms with Gasteiger partial charge in [-0.15, -0.1) is 11.6 Å². The predicted octanol–water partition coefficient (Wildman–Crippen LogP) is -0.977. The van der Waals surface area contributed by atoms with Crippen molar-refractivity contribution in [1.29, 1.82) is 0 Å². The number of nitrogens with zero attached hydrogens (tertiary/aromatic N) is 2. The normalized spacial score (nSPS) is 34.6. The molecule has 106 valence electrons. The molecule has 1 aliphatic rings. The van der Waals surface area contributed by atoms with Crippen molar-refractivity contribution in [2.24, 2.45) is 0 Å². The van der Waals surface area contributed by atoms with E-state index in [2.05, 4.69) is 4.98 Å². The van der Waals surface area contributed by atoms with Gasteiger partial charge in [-0.05, 0) is 6.07 Å². The van der Waals surface area contributed by atoms with E-state index in [-0.39, 0.29) is 11.7 Å². The molecular formula is C10H13ClFN3O4. The molecule has 0 radical (unpaired) electrons. The third-order valence-corrected chi connectivity index (χ3v) is 3.54. The molecule has 9 heteroatoms. The van der Waals surface area contributed by atoms with Gasteiger partial charge in [0.25, 0.3) is 0 Å². The van der Waals surface area contributed by atoms with Gasteiger partial charge in [-0.1, -0.05) is 0 Å². The van der Waals surface area contributed by atoms with E-state index < -0.39 is 36.4 Å². The van der Waals surface area contributed by atoms with Crippen LogP contribution in [0.25, 0.3) is 0 Å². The second-order valence-corrected chi connectivity index (χ2v) is 4.56. The van der Waals surface area contributed by atoms with Crippen LogP contribution in [-0.2, 0) is 4.74 Å². The maximum atomic E-state index is 14.1. The minimum atomic E-state index is -1.92. The van der Waals surface area contributed by atoms with E-state index in [1.807, 2.05) is 0 Å². The van der Waals surface area contributed by atoms with Gasteiger partial charge in [-0.25, -0.2) is 9.18 Å². The molecule has 4 N–H and O–H groups in total. The number of halogens is 2. The van der Waals surface area contributed by atoms with Gasteiger partial charge in [0, 0.05) is 6.20 Å². The Morgan fingerprint density at radius 2 is 2.37 bits per heavy atom. The van der Waals surface area contributed by atoms with E-state index in [9.17, 15) is 19.4 Å². The Morgan fingerprint density at radius 1 is 1.68 bits per heavy atom. The fourth-order valence-electron chi connectivity index (χ4n) is 1.93. The number of alkyl halides is 2. The topological polar surface area (TPSA) is 111 Å². The Balaban J connectivity index is 2.39. The van der Waals surface area contributed by atoms with Crippen LogP contribution in [0.3, 0.4) is 0 Å². The lowest BCUT2D eigenvalue weighted by Gasteiger charge is -2.26. The number of aromatic nitrogens is 2. The second-order valence-electron chi connectivity index (χ2n) is 4.30. The second kappa shape index (κ2) is 5.04. The zero-order valence-electron chi connectivity index (χ0n) is 9.74. The highest BCUT2D eigenvalue weighted by Gasteiger charge is 2.55. The molecule has 0 amide bonds. The van der Waals surface area contributed by atoms with Crippen molar-refractivity contribution < 1.29 is 19.3 Å². The predicted molar refractivity (Wildman–Crippen MR) is 64.5 cm³/mol. The number of aliphatic hydroxyl groups is 2. The molecular weight excluding hydrogens is 281 g/mol. The lowest BCUT2D eigenvalue weighted by Crippen LogP contribution is -2.47. The van der Waals surface area contributed by atoms with E-state index in [1.54, 1.807) is 0 Å². The van der Waals surface area contributed by atoms with Gasteiger partial charge in [-0.3, -0.25) is 4.57 Å². The maximum Gasteiger partial charge on any atom is 0.351 e. The van der Waals surface area contributed by atoms with Gasteiger partial charge in [0.2, 0.25) is 0 Å². The highest BCUT2D eigenvalue weighted by atomic mass is 35.5. The van der Waals surface area contributed by atoms with Crippen molar-refractivity contribution in [3.63, 3.8) is 0 Å². The standard InChI is InChI=1S/C10H13ClFN3O4/c11-3-10(4-16)7(17)6(12)8(19-10)15-2-1-5(13)14-9(15)18/h1-2,6-8,16-17H,3-4H2,(H2,13,14,18)/t6-,7+,8-,10-/m1/s1. The number of nitrogen functional groups attached to an aromatic ring is 1. The minimum Gasteiger partial charge on any atom is -0.393 e. The van der Waals surface area contributed by atoms with E-state index in [4.69, 9.17) is 22.1 Å². The summed E-state index contributed by atoms with van der Waals surface area (Å²) in [6.45, 7) is -0.675. The van der Waals surface area contributed by atoms with Crippen LogP contribution >= 0.6 is 11.6 Å². The minimum absolute atomic E-state index is 0.0130.